The van der Waals surface area contributed by atoms with Crippen molar-refractivity contribution in [1.29, 1.82) is 0 Å². The standard InChI is InChI=1S/C9H15NO4S2/c11-7(12)3-1-5-10-9(15)16-6-2-4-8(13)14/h1-6H2,(H,10,15)(H,11,12)(H,13,14). The largest absolute Gasteiger partial charge is 0.481 e. The third-order valence-electron chi connectivity index (χ3n) is 1.60. The van der Waals surface area contributed by atoms with Crippen LogP contribution < -0.4 is 5.32 Å². The van der Waals surface area contributed by atoms with E-state index >= 15 is 0 Å². The van der Waals surface area contributed by atoms with Crippen LogP contribution in [0.25, 0.3) is 0 Å². The molecule has 0 radical (unpaired) electrons. The molecule has 16 heavy (non-hydrogen) atoms. The predicted octanol–water partition coefficient (Wildman–Crippen LogP) is 1.32. The molecular weight excluding hydrogens is 250 g/mol. The van der Waals surface area contributed by atoms with Crippen molar-refractivity contribution < 1.29 is 19.8 Å². The van der Waals surface area contributed by atoms with Crippen molar-refractivity contribution in [2.24, 2.45) is 0 Å². The number of carboxylic acid groups (broad SMARTS) is 2. The third kappa shape index (κ3) is 11.3. The molecule has 0 aromatic rings. The Morgan fingerprint density at radius 2 is 1.69 bits per heavy atom. The van der Waals surface area contributed by atoms with Crippen LogP contribution >= 0.6 is 24.0 Å². The summed E-state index contributed by atoms with van der Waals surface area (Å²) in [4.78, 5) is 20.4. The molecule has 0 aliphatic rings. The Morgan fingerprint density at radius 1 is 1.12 bits per heavy atom. The zero-order valence-electron chi connectivity index (χ0n) is 8.77. The van der Waals surface area contributed by atoms with Gasteiger partial charge < -0.3 is 15.5 Å². The molecule has 0 aromatic heterocycles. The van der Waals surface area contributed by atoms with Gasteiger partial charge in [0.2, 0.25) is 0 Å². The molecule has 92 valence electrons. The minimum atomic E-state index is -0.818. The molecule has 5 nitrogen and oxygen atoms in total. The summed E-state index contributed by atoms with van der Waals surface area (Å²) in [6, 6.07) is 0. The minimum Gasteiger partial charge on any atom is -0.481 e. The van der Waals surface area contributed by atoms with Gasteiger partial charge in [0.1, 0.15) is 4.32 Å². The van der Waals surface area contributed by atoms with Crippen LogP contribution in [0.3, 0.4) is 0 Å². The zero-order valence-corrected chi connectivity index (χ0v) is 10.4. The van der Waals surface area contributed by atoms with Gasteiger partial charge in [-0.3, -0.25) is 9.59 Å². The van der Waals surface area contributed by atoms with Crippen LogP contribution in [0.2, 0.25) is 0 Å². The number of thiocarbonyl (C=S) groups is 1. The number of rotatable bonds is 8. The van der Waals surface area contributed by atoms with Gasteiger partial charge in [-0.2, -0.15) is 0 Å². The van der Waals surface area contributed by atoms with Crippen LogP contribution in [0.1, 0.15) is 25.7 Å². The van der Waals surface area contributed by atoms with Crippen molar-refractivity contribution in [3.63, 3.8) is 0 Å². The summed E-state index contributed by atoms with van der Waals surface area (Å²) in [5.41, 5.74) is 0. The van der Waals surface area contributed by atoms with Crippen LogP contribution in [0, 0.1) is 0 Å². The van der Waals surface area contributed by atoms with Crippen LogP contribution in [-0.2, 0) is 9.59 Å². The Hall–Kier alpha value is -0.820. The summed E-state index contributed by atoms with van der Waals surface area (Å²) in [5, 5.41) is 19.7. The highest BCUT2D eigenvalue weighted by molar-refractivity contribution is 8.22. The number of carbonyl (C=O) groups is 2. The average Bonchev–Trinajstić information content (AvgIpc) is 2.19. The second-order valence-corrected chi connectivity index (χ2v) is 4.83. The Morgan fingerprint density at radius 3 is 2.25 bits per heavy atom. The number of thioether (sulfide) groups is 1. The lowest BCUT2D eigenvalue weighted by atomic mass is 10.3. The lowest BCUT2D eigenvalue weighted by molar-refractivity contribution is -0.138. The third-order valence-corrected chi connectivity index (χ3v) is 3.00. The van der Waals surface area contributed by atoms with Crippen molar-refractivity contribution in [3.8, 4) is 0 Å². The highest BCUT2D eigenvalue weighted by atomic mass is 32.2. The van der Waals surface area contributed by atoms with E-state index in [1.54, 1.807) is 0 Å². The molecule has 0 atom stereocenters. The van der Waals surface area contributed by atoms with Crippen LogP contribution in [0.5, 0.6) is 0 Å². The Balaban J connectivity index is 3.31. The molecule has 0 aliphatic heterocycles. The van der Waals surface area contributed by atoms with E-state index in [4.69, 9.17) is 22.4 Å². The first-order chi connectivity index (χ1) is 7.52. The molecule has 0 amide bonds. The smallest absolute Gasteiger partial charge is 0.303 e. The predicted molar refractivity (Wildman–Crippen MR) is 66.8 cm³/mol. The number of hydrogen-bond acceptors (Lipinski definition) is 4. The number of hydrogen-bond donors (Lipinski definition) is 3. The summed E-state index contributed by atoms with van der Waals surface area (Å²) in [5.74, 6) is -0.959. The van der Waals surface area contributed by atoms with E-state index in [9.17, 15) is 9.59 Å². The number of nitrogens with one attached hydrogen (secondary N) is 1. The average molecular weight is 265 g/mol. The van der Waals surface area contributed by atoms with Gasteiger partial charge in [-0.05, 0) is 12.8 Å². The monoisotopic (exact) mass is 265 g/mol. The fraction of sp³-hybridized carbons (Fsp3) is 0.667. The maximum Gasteiger partial charge on any atom is 0.303 e. The van der Waals surface area contributed by atoms with Gasteiger partial charge in [-0.25, -0.2) is 0 Å². The summed E-state index contributed by atoms with van der Waals surface area (Å²) in [7, 11) is 0. The van der Waals surface area contributed by atoms with E-state index in [2.05, 4.69) is 5.32 Å². The fourth-order valence-corrected chi connectivity index (χ4v) is 1.90. The molecule has 3 N–H and O–H groups in total. The van der Waals surface area contributed by atoms with Gasteiger partial charge in [0, 0.05) is 25.1 Å². The maximum absolute atomic E-state index is 10.2. The number of aliphatic carboxylic acids is 2. The van der Waals surface area contributed by atoms with Crippen molar-refractivity contribution in [2.45, 2.75) is 25.7 Å². The van der Waals surface area contributed by atoms with Crippen molar-refractivity contribution in [2.75, 3.05) is 12.3 Å². The number of carboxylic acids is 2. The van der Waals surface area contributed by atoms with Crippen molar-refractivity contribution in [1.82, 2.24) is 5.32 Å². The second-order valence-electron chi connectivity index (χ2n) is 3.06. The van der Waals surface area contributed by atoms with Gasteiger partial charge in [0.15, 0.2) is 0 Å². The Kier molecular flexibility index (Phi) is 8.93. The molecule has 0 fully saturated rings. The summed E-state index contributed by atoms with van der Waals surface area (Å²) in [6.45, 7) is 0.539. The first-order valence-electron chi connectivity index (χ1n) is 4.86. The van der Waals surface area contributed by atoms with Crippen molar-refractivity contribution >= 4 is 40.2 Å². The molecule has 0 aliphatic carbocycles. The molecule has 0 spiro atoms. The lowest BCUT2D eigenvalue weighted by Crippen LogP contribution is -2.20. The highest BCUT2D eigenvalue weighted by Gasteiger charge is 2.01. The highest BCUT2D eigenvalue weighted by Crippen LogP contribution is 2.06. The van der Waals surface area contributed by atoms with Crippen LogP contribution in [0.15, 0.2) is 0 Å². The van der Waals surface area contributed by atoms with Crippen molar-refractivity contribution in [3.05, 3.63) is 0 Å². The fourth-order valence-electron chi connectivity index (χ4n) is 0.869. The maximum atomic E-state index is 10.2. The van der Waals surface area contributed by atoms with Gasteiger partial charge in [-0.15, -0.1) is 0 Å². The van der Waals surface area contributed by atoms with E-state index in [0.29, 0.717) is 29.5 Å². The van der Waals surface area contributed by atoms with E-state index in [-0.39, 0.29) is 12.8 Å². The summed E-state index contributed by atoms with van der Waals surface area (Å²) >= 11 is 6.36. The molecule has 0 bridgehead atoms. The molecule has 0 rings (SSSR count). The summed E-state index contributed by atoms with van der Waals surface area (Å²) < 4.78 is 0.593. The van der Waals surface area contributed by atoms with E-state index in [0.717, 1.165) is 0 Å². The normalized spacial score (nSPS) is 9.75. The minimum absolute atomic E-state index is 0.124. The molecule has 7 heteroatoms. The first-order valence-corrected chi connectivity index (χ1v) is 6.26. The second kappa shape index (κ2) is 9.41. The molecule has 0 heterocycles. The molecular formula is C9H15NO4S2. The Bertz CT molecular complexity index is 234. The van der Waals surface area contributed by atoms with Gasteiger partial charge in [0.05, 0.1) is 0 Å². The molecule has 0 saturated carbocycles. The van der Waals surface area contributed by atoms with E-state index < -0.39 is 11.9 Å². The molecule has 0 aromatic carbocycles. The SMILES string of the molecule is O=C(O)CCCNC(=S)SCCCC(=O)O. The van der Waals surface area contributed by atoms with Gasteiger partial charge in [0.25, 0.3) is 0 Å². The Labute approximate surface area is 104 Å². The molecule has 0 saturated heterocycles. The van der Waals surface area contributed by atoms with E-state index in [1.807, 2.05) is 0 Å². The van der Waals surface area contributed by atoms with E-state index in [1.165, 1.54) is 11.8 Å². The summed E-state index contributed by atoms with van der Waals surface area (Å²) in [6.07, 6.45) is 1.38. The van der Waals surface area contributed by atoms with Gasteiger partial charge in [-0.1, -0.05) is 24.0 Å². The quantitative estimate of drug-likeness (QED) is 0.451. The lowest BCUT2D eigenvalue weighted by Gasteiger charge is -2.05. The molecule has 0 unspecified atom stereocenters. The van der Waals surface area contributed by atoms with Crippen LogP contribution in [-0.4, -0.2) is 38.8 Å². The van der Waals surface area contributed by atoms with Gasteiger partial charge >= 0.3 is 11.9 Å². The van der Waals surface area contributed by atoms with Crippen LogP contribution in [0.4, 0.5) is 0 Å². The topological polar surface area (TPSA) is 86.6 Å². The first kappa shape index (κ1) is 15.2. The zero-order chi connectivity index (χ0) is 12.4.